The molecule has 1 atom stereocenters. The van der Waals surface area contributed by atoms with E-state index in [0.717, 1.165) is 47.5 Å². The highest BCUT2D eigenvalue weighted by atomic mass is 35.5. The number of carbonyl (C=O) groups is 2. The molecule has 1 N–H and O–H groups in total. The van der Waals surface area contributed by atoms with Gasteiger partial charge in [-0.05, 0) is 75.6 Å². The first kappa shape index (κ1) is 31.9. The van der Waals surface area contributed by atoms with Gasteiger partial charge in [-0.2, -0.15) is 0 Å². The molecule has 0 heterocycles. The molecule has 0 saturated heterocycles. The lowest BCUT2D eigenvalue weighted by Gasteiger charge is -2.33. The molecule has 1 aliphatic carbocycles. The van der Waals surface area contributed by atoms with Crippen LogP contribution in [0.5, 0.6) is 0 Å². The Kier molecular flexibility index (Phi) is 10.6. The Morgan fingerprint density at radius 2 is 1.50 bits per heavy atom. The highest BCUT2D eigenvalue weighted by Crippen LogP contribution is 2.27. The number of rotatable bonds is 10. The molecule has 1 aliphatic rings. The molecular formula is C32H37Cl2N3O4S. The fourth-order valence-corrected chi connectivity index (χ4v) is 6.94. The average Bonchev–Trinajstić information content (AvgIpc) is 2.96. The number of halogens is 2. The molecule has 42 heavy (non-hydrogen) atoms. The van der Waals surface area contributed by atoms with Crippen molar-refractivity contribution in [1.82, 2.24) is 10.2 Å². The van der Waals surface area contributed by atoms with Crippen LogP contribution < -0.4 is 9.62 Å². The van der Waals surface area contributed by atoms with E-state index >= 15 is 0 Å². The molecule has 7 nitrogen and oxygen atoms in total. The summed E-state index contributed by atoms with van der Waals surface area (Å²) in [5.41, 5.74) is 2.80. The van der Waals surface area contributed by atoms with Crippen molar-refractivity contribution < 1.29 is 18.0 Å². The van der Waals surface area contributed by atoms with Gasteiger partial charge < -0.3 is 10.2 Å². The maximum Gasteiger partial charge on any atom is 0.264 e. The Bertz CT molecular complexity index is 1510. The van der Waals surface area contributed by atoms with Gasteiger partial charge in [0.15, 0.2) is 0 Å². The maximum atomic E-state index is 14.1. The highest BCUT2D eigenvalue weighted by Gasteiger charge is 2.33. The minimum absolute atomic E-state index is 0.000403. The SMILES string of the molecule is Cc1ccc(N(CC(=O)N(Cc2ccc(Cl)cc2Cl)[C@H](C)C(=O)NC2CCCCC2)S(=O)(=O)c2ccc(C)cc2)cc1. The number of nitrogens with zero attached hydrogens (tertiary/aromatic N) is 2. The number of hydrogen-bond donors (Lipinski definition) is 1. The summed E-state index contributed by atoms with van der Waals surface area (Å²) in [5.74, 6) is -0.827. The molecule has 4 rings (SSSR count). The van der Waals surface area contributed by atoms with Crippen LogP contribution in [-0.4, -0.2) is 43.8 Å². The third-order valence-electron chi connectivity index (χ3n) is 7.68. The zero-order chi connectivity index (χ0) is 30.4. The van der Waals surface area contributed by atoms with Crippen molar-refractivity contribution in [2.75, 3.05) is 10.8 Å². The molecule has 10 heteroatoms. The lowest BCUT2D eigenvalue weighted by molar-refractivity contribution is -0.139. The number of benzene rings is 3. The van der Waals surface area contributed by atoms with Crippen molar-refractivity contribution in [1.29, 1.82) is 0 Å². The monoisotopic (exact) mass is 629 g/mol. The van der Waals surface area contributed by atoms with Gasteiger partial charge in [-0.25, -0.2) is 8.42 Å². The lowest BCUT2D eigenvalue weighted by atomic mass is 9.95. The number of sulfonamides is 1. The second-order valence-corrected chi connectivity index (χ2v) is 13.6. The van der Waals surface area contributed by atoms with Crippen molar-refractivity contribution in [3.05, 3.63) is 93.5 Å². The van der Waals surface area contributed by atoms with Gasteiger partial charge in [0.1, 0.15) is 12.6 Å². The van der Waals surface area contributed by atoms with Gasteiger partial charge in [0.25, 0.3) is 10.0 Å². The summed E-state index contributed by atoms with van der Waals surface area (Å²) in [5, 5.41) is 3.89. The van der Waals surface area contributed by atoms with E-state index < -0.39 is 28.5 Å². The van der Waals surface area contributed by atoms with Crippen molar-refractivity contribution >= 4 is 50.7 Å². The molecule has 3 aromatic rings. The number of carbonyl (C=O) groups excluding carboxylic acids is 2. The average molecular weight is 631 g/mol. The molecule has 1 fully saturated rings. The molecule has 3 aromatic carbocycles. The van der Waals surface area contributed by atoms with E-state index in [0.29, 0.717) is 21.3 Å². The van der Waals surface area contributed by atoms with Crippen LogP contribution in [0.25, 0.3) is 0 Å². The molecule has 0 spiro atoms. The summed E-state index contributed by atoms with van der Waals surface area (Å²) in [6.45, 7) is 4.92. The number of hydrogen-bond acceptors (Lipinski definition) is 4. The van der Waals surface area contributed by atoms with Crippen molar-refractivity contribution in [2.45, 2.75) is 76.4 Å². The summed E-state index contributed by atoms with van der Waals surface area (Å²) in [6, 6.07) is 17.6. The van der Waals surface area contributed by atoms with E-state index in [1.807, 2.05) is 13.8 Å². The quantitative estimate of drug-likeness (QED) is 0.271. The second kappa shape index (κ2) is 13.9. The van der Waals surface area contributed by atoms with E-state index in [9.17, 15) is 18.0 Å². The topological polar surface area (TPSA) is 86.8 Å². The van der Waals surface area contributed by atoms with Gasteiger partial charge in [0.2, 0.25) is 11.8 Å². The number of nitrogens with one attached hydrogen (secondary N) is 1. The summed E-state index contributed by atoms with van der Waals surface area (Å²) in [7, 11) is -4.13. The van der Waals surface area contributed by atoms with Gasteiger partial charge in [0, 0.05) is 22.6 Å². The fraction of sp³-hybridized carbons (Fsp3) is 0.375. The third-order valence-corrected chi connectivity index (χ3v) is 10.1. The maximum absolute atomic E-state index is 14.1. The van der Waals surface area contributed by atoms with E-state index in [-0.39, 0.29) is 23.4 Å². The number of aryl methyl sites for hydroxylation is 2. The van der Waals surface area contributed by atoms with Crippen LogP contribution in [0.4, 0.5) is 5.69 Å². The Morgan fingerprint density at radius 3 is 2.10 bits per heavy atom. The predicted octanol–water partition coefficient (Wildman–Crippen LogP) is 6.67. The molecule has 0 unspecified atom stereocenters. The molecule has 0 radical (unpaired) electrons. The van der Waals surface area contributed by atoms with E-state index in [2.05, 4.69) is 5.32 Å². The number of amides is 2. The molecule has 0 aliphatic heterocycles. The lowest BCUT2D eigenvalue weighted by Crippen LogP contribution is -2.53. The second-order valence-electron chi connectivity index (χ2n) is 10.9. The zero-order valence-corrected chi connectivity index (χ0v) is 26.5. The Hall–Kier alpha value is -3.07. The first-order valence-electron chi connectivity index (χ1n) is 14.2. The van der Waals surface area contributed by atoms with Gasteiger partial charge in [-0.3, -0.25) is 13.9 Å². The van der Waals surface area contributed by atoms with Crippen LogP contribution in [0.2, 0.25) is 10.0 Å². The van der Waals surface area contributed by atoms with Crippen molar-refractivity contribution in [3.63, 3.8) is 0 Å². The van der Waals surface area contributed by atoms with Gasteiger partial charge in [0.05, 0.1) is 10.6 Å². The van der Waals surface area contributed by atoms with Gasteiger partial charge in [-0.15, -0.1) is 0 Å². The molecular weight excluding hydrogens is 593 g/mol. The van der Waals surface area contributed by atoms with Crippen LogP contribution in [-0.2, 0) is 26.2 Å². The van der Waals surface area contributed by atoms with Crippen molar-refractivity contribution in [2.24, 2.45) is 0 Å². The first-order chi connectivity index (χ1) is 20.0. The smallest absolute Gasteiger partial charge is 0.264 e. The largest absolute Gasteiger partial charge is 0.352 e. The standard InChI is InChI=1S/C32H37Cl2N3O4S/c1-22-9-15-28(16-10-22)37(42(40,41)29-17-11-23(2)12-18-29)21-31(38)36(20-25-13-14-26(33)19-30(25)34)24(3)32(39)35-27-7-5-4-6-8-27/h9-19,24,27H,4-8,20-21H2,1-3H3,(H,35,39)/t24-/m1/s1. The molecule has 0 aromatic heterocycles. The molecule has 1 saturated carbocycles. The summed E-state index contributed by atoms with van der Waals surface area (Å²) < 4.78 is 29.0. The van der Waals surface area contributed by atoms with Crippen LogP contribution >= 0.6 is 23.2 Å². The summed E-state index contributed by atoms with van der Waals surface area (Å²) >= 11 is 12.6. The fourth-order valence-electron chi connectivity index (χ4n) is 5.06. The van der Waals surface area contributed by atoms with E-state index in [1.54, 1.807) is 61.5 Å². The normalized spacial score (nSPS) is 14.7. The molecule has 224 valence electrons. The van der Waals surface area contributed by atoms with Gasteiger partial charge in [-0.1, -0.05) is 83.9 Å². The zero-order valence-electron chi connectivity index (χ0n) is 24.1. The van der Waals surface area contributed by atoms with Crippen LogP contribution in [0, 0.1) is 13.8 Å². The van der Waals surface area contributed by atoms with Crippen LogP contribution in [0.3, 0.4) is 0 Å². The van der Waals surface area contributed by atoms with Crippen LogP contribution in [0.1, 0.15) is 55.7 Å². The Balaban J connectivity index is 1.69. The van der Waals surface area contributed by atoms with E-state index in [4.69, 9.17) is 23.2 Å². The van der Waals surface area contributed by atoms with Gasteiger partial charge >= 0.3 is 0 Å². The third kappa shape index (κ3) is 7.85. The molecule has 0 bridgehead atoms. The Labute approximate surface area is 258 Å². The molecule has 2 amide bonds. The van der Waals surface area contributed by atoms with E-state index in [1.165, 1.54) is 17.0 Å². The minimum Gasteiger partial charge on any atom is -0.352 e. The first-order valence-corrected chi connectivity index (χ1v) is 16.3. The predicted molar refractivity (Wildman–Crippen MR) is 168 cm³/mol. The minimum atomic E-state index is -4.13. The highest BCUT2D eigenvalue weighted by molar-refractivity contribution is 7.92. The summed E-state index contributed by atoms with van der Waals surface area (Å²) in [4.78, 5) is 29.0. The number of anilines is 1. The van der Waals surface area contributed by atoms with Crippen molar-refractivity contribution in [3.8, 4) is 0 Å². The summed E-state index contributed by atoms with van der Waals surface area (Å²) in [6.07, 6.45) is 5.03. The Morgan fingerprint density at radius 1 is 0.905 bits per heavy atom. The van der Waals surface area contributed by atoms with Crippen LogP contribution in [0.15, 0.2) is 71.6 Å².